The second-order valence-electron chi connectivity index (χ2n) is 8.30. The van der Waals surface area contributed by atoms with Crippen molar-refractivity contribution >= 4 is 11.6 Å². The molecule has 1 unspecified atom stereocenters. The van der Waals surface area contributed by atoms with Gasteiger partial charge < -0.3 is 10.2 Å². The predicted octanol–water partition coefficient (Wildman–Crippen LogP) is 4.12. The minimum Gasteiger partial charge on any atom is -0.376 e. The van der Waals surface area contributed by atoms with E-state index in [1.807, 2.05) is 4.90 Å². The van der Waals surface area contributed by atoms with Crippen LogP contribution in [0.15, 0.2) is 24.3 Å². The number of benzene rings is 1. The maximum Gasteiger partial charge on any atom is 0.241 e. The highest BCUT2D eigenvalue weighted by Crippen LogP contribution is 2.25. The van der Waals surface area contributed by atoms with Gasteiger partial charge in [0.25, 0.3) is 0 Å². The zero-order valence-electron chi connectivity index (χ0n) is 16.5. The smallest absolute Gasteiger partial charge is 0.241 e. The average Bonchev–Trinajstić information content (AvgIpc) is 2.67. The zero-order valence-corrected chi connectivity index (χ0v) is 16.5. The normalized spacial score (nSPS) is 21.8. The molecule has 0 aromatic heterocycles. The molecular weight excluding hydrogens is 322 g/mol. The van der Waals surface area contributed by atoms with E-state index < -0.39 is 0 Å². The monoisotopic (exact) mass is 357 g/mol. The Morgan fingerprint density at radius 1 is 1.15 bits per heavy atom. The van der Waals surface area contributed by atoms with E-state index in [4.69, 9.17) is 0 Å². The van der Waals surface area contributed by atoms with Crippen molar-refractivity contribution in [3.8, 4) is 0 Å². The first-order valence-corrected chi connectivity index (χ1v) is 10.4. The fraction of sp³-hybridized carbons (Fsp3) is 0.682. The van der Waals surface area contributed by atoms with Crippen LogP contribution in [0.25, 0.3) is 0 Å². The first-order chi connectivity index (χ1) is 12.6. The molecule has 2 fully saturated rings. The Hall–Kier alpha value is -1.55. The van der Waals surface area contributed by atoms with E-state index in [0.29, 0.717) is 18.5 Å². The molecule has 4 nitrogen and oxygen atoms in total. The van der Waals surface area contributed by atoms with Crippen molar-refractivity contribution in [2.75, 3.05) is 32.0 Å². The molecule has 4 heteroatoms. The zero-order chi connectivity index (χ0) is 18.4. The fourth-order valence-corrected chi connectivity index (χ4v) is 4.45. The number of carbonyl (C=O) groups is 1. The lowest BCUT2D eigenvalue weighted by molar-refractivity contribution is -0.130. The van der Waals surface area contributed by atoms with Crippen LogP contribution in [0.4, 0.5) is 5.69 Å². The molecular formula is C22H35N3O. The van der Waals surface area contributed by atoms with Gasteiger partial charge in [0.2, 0.25) is 5.91 Å². The van der Waals surface area contributed by atoms with Gasteiger partial charge in [0.05, 0.1) is 6.54 Å². The Morgan fingerprint density at radius 3 is 2.69 bits per heavy atom. The highest BCUT2D eigenvalue weighted by molar-refractivity contribution is 5.81. The van der Waals surface area contributed by atoms with Crippen LogP contribution in [0.1, 0.15) is 57.4 Å². The number of hydrogen-bond donors (Lipinski definition) is 1. The number of nitrogens with one attached hydrogen (secondary N) is 1. The Morgan fingerprint density at radius 2 is 1.92 bits per heavy atom. The Labute approximate surface area is 158 Å². The van der Waals surface area contributed by atoms with E-state index in [0.717, 1.165) is 31.7 Å². The third kappa shape index (κ3) is 5.23. The molecule has 1 aromatic rings. The standard InChI is InChI=1S/C22H35N3O/c1-18-9-8-14-25(16-18)22(26)15-23-21-13-7-6-10-19(21)17-24(2)20-11-4-3-5-12-20/h6-7,10,13,18,20,23H,3-5,8-9,11-12,14-17H2,1-2H3. The quantitative estimate of drug-likeness (QED) is 0.832. The van der Waals surface area contributed by atoms with Crippen LogP contribution in [-0.4, -0.2) is 48.4 Å². The second-order valence-corrected chi connectivity index (χ2v) is 8.30. The molecule has 1 saturated carbocycles. The molecule has 144 valence electrons. The van der Waals surface area contributed by atoms with Crippen LogP contribution in [0.2, 0.25) is 0 Å². The van der Waals surface area contributed by atoms with Crippen molar-refractivity contribution in [3.63, 3.8) is 0 Å². The molecule has 0 spiro atoms. The van der Waals surface area contributed by atoms with E-state index >= 15 is 0 Å². The summed E-state index contributed by atoms with van der Waals surface area (Å²) in [4.78, 5) is 17.1. The number of likely N-dealkylation sites (tertiary alicyclic amines) is 1. The van der Waals surface area contributed by atoms with E-state index in [1.54, 1.807) is 0 Å². The third-order valence-electron chi connectivity index (χ3n) is 6.07. The number of amides is 1. The molecule has 1 N–H and O–H groups in total. The number of para-hydroxylation sites is 1. The third-order valence-corrected chi connectivity index (χ3v) is 6.07. The maximum atomic E-state index is 12.6. The summed E-state index contributed by atoms with van der Waals surface area (Å²) in [5.41, 5.74) is 2.40. The number of nitrogens with zero attached hydrogens (tertiary/aromatic N) is 2. The minimum atomic E-state index is 0.229. The highest BCUT2D eigenvalue weighted by atomic mass is 16.2. The summed E-state index contributed by atoms with van der Waals surface area (Å²) in [7, 11) is 2.24. The van der Waals surface area contributed by atoms with Crippen LogP contribution < -0.4 is 5.32 Å². The van der Waals surface area contributed by atoms with Gasteiger partial charge in [-0.1, -0.05) is 44.4 Å². The number of anilines is 1. The maximum absolute atomic E-state index is 12.6. The molecule has 1 aliphatic carbocycles. The van der Waals surface area contributed by atoms with Crippen molar-refractivity contribution < 1.29 is 4.79 Å². The first kappa shape index (κ1) is 19.2. The molecule has 1 atom stereocenters. The molecule has 3 rings (SSSR count). The van der Waals surface area contributed by atoms with Crippen molar-refractivity contribution in [2.24, 2.45) is 5.92 Å². The van der Waals surface area contributed by atoms with Crippen LogP contribution in [0.3, 0.4) is 0 Å². The van der Waals surface area contributed by atoms with Gasteiger partial charge in [-0.05, 0) is 50.3 Å². The SMILES string of the molecule is CC1CCCN(C(=O)CNc2ccccc2CN(C)C2CCCCC2)C1. The molecule has 1 aromatic carbocycles. The molecule has 26 heavy (non-hydrogen) atoms. The molecule has 2 aliphatic rings. The summed E-state index contributed by atoms with van der Waals surface area (Å²) in [6, 6.07) is 9.15. The van der Waals surface area contributed by atoms with E-state index in [9.17, 15) is 4.79 Å². The van der Waals surface area contributed by atoms with Gasteiger partial charge in [-0.2, -0.15) is 0 Å². The molecule has 0 radical (unpaired) electrons. The topological polar surface area (TPSA) is 35.6 Å². The summed E-state index contributed by atoms with van der Waals surface area (Å²) in [6.45, 7) is 5.41. The lowest BCUT2D eigenvalue weighted by Crippen LogP contribution is -2.42. The Balaban J connectivity index is 1.55. The first-order valence-electron chi connectivity index (χ1n) is 10.4. The molecule has 1 heterocycles. The summed E-state index contributed by atoms with van der Waals surface area (Å²) in [6.07, 6.45) is 9.12. The molecule has 1 aliphatic heterocycles. The largest absolute Gasteiger partial charge is 0.376 e. The van der Waals surface area contributed by atoms with Crippen molar-refractivity contribution in [1.29, 1.82) is 0 Å². The highest BCUT2D eigenvalue weighted by Gasteiger charge is 2.21. The average molecular weight is 358 g/mol. The predicted molar refractivity (Wildman–Crippen MR) is 108 cm³/mol. The summed E-state index contributed by atoms with van der Waals surface area (Å²) >= 11 is 0. The van der Waals surface area contributed by atoms with Crippen molar-refractivity contribution in [2.45, 2.75) is 64.5 Å². The lowest BCUT2D eigenvalue weighted by atomic mass is 9.94. The minimum absolute atomic E-state index is 0.229. The van der Waals surface area contributed by atoms with E-state index in [-0.39, 0.29) is 5.91 Å². The second kappa shape index (κ2) is 9.40. The van der Waals surface area contributed by atoms with Crippen LogP contribution in [0, 0.1) is 5.92 Å². The number of piperidine rings is 1. The van der Waals surface area contributed by atoms with Gasteiger partial charge in [0.15, 0.2) is 0 Å². The van der Waals surface area contributed by atoms with E-state index in [2.05, 4.69) is 48.5 Å². The number of hydrogen-bond acceptors (Lipinski definition) is 3. The fourth-order valence-electron chi connectivity index (χ4n) is 4.45. The van der Waals surface area contributed by atoms with Crippen molar-refractivity contribution in [1.82, 2.24) is 9.80 Å². The van der Waals surface area contributed by atoms with E-state index in [1.165, 1.54) is 44.1 Å². The lowest BCUT2D eigenvalue weighted by Gasteiger charge is -2.32. The summed E-state index contributed by atoms with van der Waals surface area (Å²) in [5, 5.41) is 3.42. The van der Waals surface area contributed by atoms with Crippen LogP contribution >= 0.6 is 0 Å². The van der Waals surface area contributed by atoms with Gasteiger partial charge in [-0.25, -0.2) is 0 Å². The molecule has 0 bridgehead atoms. The molecule has 1 amide bonds. The summed E-state index contributed by atoms with van der Waals surface area (Å²) < 4.78 is 0. The van der Waals surface area contributed by atoms with Gasteiger partial charge >= 0.3 is 0 Å². The van der Waals surface area contributed by atoms with Crippen molar-refractivity contribution in [3.05, 3.63) is 29.8 Å². The van der Waals surface area contributed by atoms with Crippen LogP contribution in [-0.2, 0) is 11.3 Å². The van der Waals surface area contributed by atoms with Gasteiger partial charge in [-0.3, -0.25) is 9.69 Å². The number of carbonyl (C=O) groups excluding carboxylic acids is 1. The van der Waals surface area contributed by atoms with Gasteiger partial charge in [-0.15, -0.1) is 0 Å². The number of rotatable bonds is 6. The van der Waals surface area contributed by atoms with Gasteiger partial charge in [0.1, 0.15) is 0 Å². The summed E-state index contributed by atoms with van der Waals surface area (Å²) in [5.74, 6) is 0.858. The Kier molecular flexibility index (Phi) is 6.95. The molecule has 1 saturated heterocycles. The van der Waals surface area contributed by atoms with Gasteiger partial charge in [0, 0.05) is 31.4 Å². The van der Waals surface area contributed by atoms with Crippen LogP contribution in [0.5, 0.6) is 0 Å². The Bertz CT molecular complexity index is 583.